The molecule has 1 heterocycles. The fraction of sp³-hybridized carbons (Fsp3) is 0.0556. The predicted octanol–water partition coefficient (Wildman–Crippen LogP) is 4.16. The van der Waals surface area contributed by atoms with Gasteiger partial charge in [-0.2, -0.15) is 18.3 Å². The van der Waals surface area contributed by atoms with Crippen molar-refractivity contribution in [2.45, 2.75) is 6.18 Å². The zero-order valence-electron chi connectivity index (χ0n) is 13.5. The van der Waals surface area contributed by atoms with Gasteiger partial charge in [0.2, 0.25) is 5.43 Å². The molecule has 2 aromatic carbocycles. The first-order valence-corrected chi connectivity index (χ1v) is 7.96. The van der Waals surface area contributed by atoms with E-state index in [0.29, 0.717) is 10.7 Å². The lowest BCUT2D eigenvalue weighted by Gasteiger charge is -2.10. The molecule has 0 radical (unpaired) electrons. The lowest BCUT2D eigenvalue weighted by Crippen LogP contribution is -2.25. The van der Waals surface area contributed by atoms with E-state index in [-0.39, 0.29) is 5.69 Å². The summed E-state index contributed by atoms with van der Waals surface area (Å²) in [6.45, 7) is 0. The Morgan fingerprint density at radius 1 is 1.07 bits per heavy atom. The van der Waals surface area contributed by atoms with E-state index >= 15 is 0 Å². The van der Waals surface area contributed by atoms with Gasteiger partial charge < -0.3 is 5.32 Å². The molecule has 0 aliphatic rings. The summed E-state index contributed by atoms with van der Waals surface area (Å²) >= 11 is 5.91. The molecule has 1 amide bonds. The Labute approximate surface area is 156 Å². The molecule has 0 fully saturated rings. The van der Waals surface area contributed by atoms with E-state index in [2.05, 4.69) is 10.4 Å². The molecule has 9 heteroatoms. The molecule has 0 saturated carbocycles. The number of aromatic nitrogens is 2. The monoisotopic (exact) mass is 393 g/mol. The number of nitrogens with zero attached hydrogens (tertiary/aromatic N) is 2. The first kappa shape index (κ1) is 18.7. The van der Waals surface area contributed by atoms with Gasteiger partial charge in [-0.3, -0.25) is 9.59 Å². The topological polar surface area (TPSA) is 64.0 Å². The van der Waals surface area contributed by atoms with Crippen molar-refractivity contribution >= 4 is 23.2 Å². The summed E-state index contributed by atoms with van der Waals surface area (Å²) in [7, 11) is 0. The van der Waals surface area contributed by atoms with Crippen LogP contribution in [0.5, 0.6) is 0 Å². The second-order valence-corrected chi connectivity index (χ2v) is 5.92. The highest BCUT2D eigenvalue weighted by Gasteiger charge is 2.30. The molecule has 5 nitrogen and oxygen atoms in total. The summed E-state index contributed by atoms with van der Waals surface area (Å²) in [6.07, 6.45) is -3.19. The van der Waals surface area contributed by atoms with Crippen molar-refractivity contribution in [2.24, 2.45) is 0 Å². The summed E-state index contributed by atoms with van der Waals surface area (Å²) in [6, 6.07) is 11.8. The molecule has 0 spiro atoms. The van der Waals surface area contributed by atoms with Gasteiger partial charge in [0.15, 0.2) is 5.69 Å². The number of rotatable bonds is 3. The Balaban J connectivity index is 1.91. The molecule has 138 valence electrons. The summed E-state index contributed by atoms with van der Waals surface area (Å²) in [5.41, 5.74) is -1.64. The molecule has 0 bridgehead atoms. The van der Waals surface area contributed by atoms with Crippen LogP contribution in [0.15, 0.2) is 65.6 Å². The van der Waals surface area contributed by atoms with Crippen molar-refractivity contribution in [3.05, 3.63) is 87.3 Å². The summed E-state index contributed by atoms with van der Waals surface area (Å²) in [4.78, 5) is 24.3. The predicted molar refractivity (Wildman–Crippen MR) is 94.2 cm³/mol. The maximum atomic E-state index is 12.8. The second-order valence-electron chi connectivity index (χ2n) is 5.49. The van der Waals surface area contributed by atoms with Crippen molar-refractivity contribution in [1.82, 2.24) is 9.78 Å². The smallest absolute Gasteiger partial charge is 0.320 e. The van der Waals surface area contributed by atoms with Crippen molar-refractivity contribution in [2.75, 3.05) is 5.32 Å². The van der Waals surface area contributed by atoms with Gasteiger partial charge in [0.25, 0.3) is 5.91 Å². The van der Waals surface area contributed by atoms with Gasteiger partial charge in [-0.05, 0) is 36.4 Å². The molecular formula is C18H11ClF3N3O2. The molecular weight excluding hydrogens is 383 g/mol. The van der Waals surface area contributed by atoms with Crippen LogP contribution >= 0.6 is 11.6 Å². The molecule has 0 atom stereocenters. The van der Waals surface area contributed by atoms with Crippen molar-refractivity contribution in [1.29, 1.82) is 0 Å². The average Bonchev–Trinajstić information content (AvgIpc) is 2.61. The highest BCUT2D eigenvalue weighted by molar-refractivity contribution is 6.30. The lowest BCUT2D eigenvalue weighted by atomic mass is 10.2. The third-order valence-electron chi connectivity index (χ3n) is 3.54. The number of nitrogens with one attached hydrogen (secondary N) is 1. The van der Waals surface area contributed by atoms with Gasteiger partial charge in [0.05, 0.1) is 11.3 Å². The minimum absolute atomic E-state index is 0.103. The van der Waals surface area contributed by atoms with Crippen LogP contribution in [0.25, 0.3) is 5.69 Å². The number of alkyl halides is 3. The summed E-state index contributed by atoms with van der Waals surface area (Å²) < 4.78 is 39.6. The number of hydrogen-bond donors (Lipinski definition) is 1. The van der Waals surface area contributed by atoms with Gasteiger partial charge in [0.1, 0.15) is 0 Å². The Morgan fingerprint density at radius 3 is 2.52 bits per heavy atom. The van der Waals surface area contributed by atoms with E-state index in [0.717, 1.165) is 24.3 Å². The average molecular weight is 394 g/mol. The van der Waals surface area contributed by atoms with Crippen molar-refractivity contribution in [3.8, 4) is 5.69 Å². The number of hydrogen-bond acceptors (Lipinski definition) is 3. The minimum atomic E-state index is -4.55. The maximum absolute atomic E-state index is 12.8. The van der Waals surface area contributed by atoms with Crippen LogP contribution in [0.4, 0.5) is 18.9 Å². The Bertz CT molecular complexity index is 1060. The molecule has 3 aromatic rings. The van der Waals surface area contributed by atoms with Crippen molar-refractivity contribution in [3.63, 3.8) is 0 Å². The standard InChI is InChI=1S/C18H11ClF3N3O2/c19-12-4-2-6-14(10-12)25-8-7-15(26)16(24-25)17(27)23-13-5-1-3-11(9-13)18(20,21)22/h1-10H,(H,23,27). The largest absolute Gasteiger partial charge is 0.416 e. The van der Waals surface area contributed by atoms with E-state index in [1.54, 1.807) is 24.3 Å². The number of halogens is 4. The minimum Gasteiger partial charge on any atom is -0.320 e. The van der Waals surface area contributed by atoms with Gasteiger partial charge >= 0.3 is 6.18 Å². The second kappa shape index (κ2) is 7.24. The molecule has 3 rings (SSSR count). The number of benzene rings is 2. The fourth-order valence-corrected chi connectivity index (χ4v) is 2.48. The van der Waals surface area contributed by atoms with E-state index in [4.69, 9.17) is 11.6 Å². The number of carbonyl (C=O) groups is 1. The molecule has 0 unspecified atom stereocenters. The van der Waals surface area contributed by atoms with Crippen LogP contribution in [0, 0.1) is 0 Å². The zero-order valence-corrected chi connectivity index (χ0v) is 14.3. The van der Waals surface area contributed by atoms with Crippen LogP contribution < -0.4 is 10.7 Å². The summed E-state index contributed by atoms with van der Waals surface area (Å²) in [5, 5.41) is 6.66. The van der Waals surface area contributed by atoms with Gasteiger partial charge in [0, 0.05) is 23.0 Å². The highest BCUT2D eigenvalue weighted by Crippen LogP contribution is 2.30. The number of amides is 1. The third-order valence-corrected chi connectivity index (χ3v) is 3.78. The zero-order chi connectivity index (χ0) is 19.6. The van der Waals surface area contributed by atoms with E-state index in [9.17, 15) is 22.8 Å². The molecule has 27 heavy (non-hydrogen) atoms. The fourth-order valence-electron chi connectivity index (χ4n) is 2.29. The quantitative estimate of drug-likeness (QED) is 0.726. The molecule has 0 aliphatic carbocycles. The lowest BCUT2D eigenvalue weighted by molar-refractivity contribution is -0.137. The first-order chi connectivity index (χ1) is 12.7. The number of anilines is 1. The third kappa shape index (κ3) is 4.35. The normalized spacial score (nSPS) is 11.3. The molecule has 1 N–H and O–H groups in total. The SMILES string of the molecule is O=C(Nc1cccc(C(F)(F)F)c1)c1nn(-c2cccc(Cl)c2)ccc1=O. The summed E-state index contributed by atoms with van der Waals surface area (Å²) in [5.74, 6) is -0.921. The Hall–Kier alpha value is -3.13. The first-order valence-electron chi connectivity index (χ1n) is 7.58. The number of carbonyl (C=O) groups excluding carboxylic acids is 1. The molecule has 0 saturated heterocycles. The molecule has 0 aliphatic heterocycles. The van der Waals surface area contributed by atoms with E-state index in [1.165, 1.54) is 16.9 Å². The van der Waals surface area contributed by atoms with Crippen LogP contribution in [0.3, 0.4) is 0 Å². The van der Waals surface area contributed by atoms with Crippen LogP contribution in [0.1, 0.15) is 16.1 Å². The van der Waals surface area contributed by atoms with Crippen LogP contribution in [-0.2, 0) is 6.18 Å². The van der Waals surface area contributed by atoms with Gasteiger partial charge in [-0.15, -0.1) is 0 Å². The highest BCUT2D eigenvalue weighted by atomic mass is 35.5. The van der Waals surface area contributed by atoms with Crippen LogP contribution in [-0.4, -0.2) is 15.7 Å². The van der Waals surface area contributed by atoms with E-state index < -0.39 is 28.8 Å². The van der Waals surface area contributed by atoms with Crippen molar-refractivity contribution < 1.29 is 18.0 Å². The maximum Gasteiger partial charge on any atom is 0.416 e. The molecule has 1 aromatic heterocycles. The Kier molecular flexibility index (Phi) is 5.00. The van der Waals surface area contributed by atoms with Gasteiger partial charge in [-0.25, -0.2) is 4.68 Å². The van der Waals surface area contributed by atoms with E-state index in [1.807, 2.05) is 0 Å². The Morgan fingerprint density at radius 2 is 1.81 bits per heavy atom. The van der Waals surface area contributed by atoms with Gasteiger partial charge in [-0.1, -0.05) is 23.7 Å². The van der Waals surface area contributed by atoms with Crippen LogP contribution in [0.2, 0.25) is 5.02 Å².